The molecule has 0 unspecified atom stereocenters. The minimum absolute atomic E-state index is 0.00918. The van der Waals surface area contributed by atoms with Gasteiger partial charge in [-0.3, -0.25) is 14.9 Å². The van der Waals surface area contributed by atoms with Crippen molar-refractivity contribution in [3.05, 3.63) is 75.8 Å². The zero-order valence-corrected chi connectivity index (χ0v) is 14.1. The van der Waals surface area contributed by atoms with Crippen molar-refractivity contribution in [2.24, 2.45) is 0 Å². The van der Waals surface area contributed by atoms with Crippen molar-refractivity contribution in [1.82, 2.24) is 0 Å². The molecule has 2 aromatic carbocycles. The van der Waals surface area contributed by atoms with Gasteiger partial charge >= 0.3 is 5.97 Å². The van der Waals surface area contributed by atoms with Gasteiger partial charge in [-0.05, 0) is 26.3 Å². The predicted molar refractivity (Wildman–Crippen MR) is 91.8 cm³/mol. The predicted octanol–water partition coefficient (Wildman–Crippen LogP) is 4.46. The minimum Gasteiger partial charge on any atom is -0.460 e. The lowest BCUT2D eigenvalue weighted by molar-refractivity contribution is -0.385. The monoisotopic (exact) mass is 327 g/mol. The summed E-state index contributed by atoms with van der Waals surface area (Å²) in [6.45, 7) is 5.40. The zero-order valence-electron chi connectivity index (χ0n) is 14.1. The Morgan fingerprint density at radius 1 is 1.08 bits per heavy atom. The fourth-order valence-electron chi connectivity index (χ4n) is 2.59. The molecular weight excluding hydrogens is 306 g/mol. The number of para-hydroxylation sites is 1. The van der Waals surface area contributed by atoms with E-state index >= 15 is 0 Å². The molecule has 0 aliphatic carbocycles. The van der Waals surface area contributed by atoms with E-state index in [-0.39, 0.29) is 18.1 Å². The van der Waals surface area contributed by atoms with Gasteiger partial charge < -0.3 is 4.74 Å². The van der Waals surface area contributed by atoms with Gasteiger partial charge in [0.1, 0.15) is 5.60 Å². The number of carbonyl (C=O) groups excluding carboxylic acids is 1. The first kappa shape index (κ1) is 17.7. The molecule has 24 heavy (non-hydrogen) atoms. The molecular formula is C19H21NO4. The normalized spacial score (nSPS) is 12.5. The van der Waals surface area contributed by atoms with Crippen LogP contribution in [-0.2, 0) is 9.53 Å². The van der Waals surface area contributed by atoms with Gasteiger partial charge in [-0.2, -0.15) is 0 Å². The highest BCUT2D eigenvalue weighted by Crippen LogP contribution is 2.34. The fraction of sp³-hybridized carbons (Fsp3) is 0.316. The third kappa shape index (κ3) is 4.65. The summed E-state index contributed by atoms with van der Waals surface area (Å²) in [5.74, 6) is -0.808. The molecule has 2 aromatic rings. The van der Waals surface area contributed by atoms with Crippen LogP contribution >= 0.6 is 0 Å². The Balaban J connectivity index is 2.42. The largest absolute Gasteiger partial charge is 0.460 e. The van der Waals surface area contributed by atoms with E-state index in [1.165, 1.54) is 6.07 Å². The number of rotatable bonds is 5. The minimum atomic E-state index is -0.596. The van der Waals surface area contributed by atoms with Crippen LogP contribution in [0.1, 0.15) is 44.2 Å². The summed E-state index contributed by atoms with van der Waals surface area (Å²) in [5.41, 5.74) is 0.771. The van der Waals surface area contributed by atoms with E-state index in [9.17, 15) is 14.9 Å². The standard InChI is InChI=1S/C19H21NO4/c1-19(2,3)24-18(21)13-16(14-9-5-4-6-10-14)15-11-7-8-12-17(15)20(22)23/h4-12,16H,13H2,1-3H3/t16-/m1/s1. The molecule has 1 atom stereocenters. The van der Waals surface area contributed by atoms with Crippen LogP contribution in [0.15, 0.2) is 54.6 Å². The number of esters is 1. The van der Waals surface area contributed by atoms with E-state index in [0.29, 0.717) is 5.56 Å². The van der Waals surface area contributed by atoms with E-state index < -0.39 is 16.4 Å². The fourth-order valence-corrected chi connectivity index (χ4v) is 2.59. The smallest absolute Gasteiger partial charge is 0.307 e. The van der Waals surface area contributed by atoms with Crippen LogP contribution in [0.3, 0.4) is 0 Å². The SMILES string of the molecule is CC(C)(C)OC(=O)C[C@H](c1ccccc1)c1ccccc1[N+](=O)[O-]. The van der Waals surface area contributed by atoms with Crippen molar-refractivity contribution in [3.63, 3.8) is 0 Å². The summed E-state index contributed by atoms with van der Waals surface area (Å²) in [6, 6.07) is 15.8. The van der Waals surface area contributed by atoms with E-state index in [2.05, 4.69) is 0 Å². The Bertz CT molecular complexity index is 720. The molecule has 0 aliphatic heterocycles. The first-order chi connectivity index (χ1) is 11.3. The molecule has 5 heteroatoms. The van der Waals surface area contributed by atoms with Crippen LogP contribution in [0.2, 0.25) is 0 Å². The topological polar surface area (TPSA) is 69.4 Å². The summed E-state index contributed by atoms with van der Waals surface area (Å²) in [4.78, 5) is 23.2. The van der Waals surface area contributed by atoms with Crippen LogP contribution in [0.5, 0.6) is 0 Å². The van der Waals surface area contributed by atoms with Crippen LogP contribution in [-0.4, -0.2) is 16.5 Å². The maximum atomic E-state index is 12.3. The van der Waals surface area contributed by atoms with Gasteiger partial charge in [0.2, 0.25) is 0 Å². The summed E-state index contributed by atoms with van der Waals surface area (Å²) in [7, 11) is 0. The molecule has 0 amide bonds. The molecule has 0 spiro atoms. The number of carbonyl (C=O) groups is 1. The second-order valence-electron chi connectivity index (χ2n) is 6.57. The second kappa shape index (κ2) is 7.25. The van der Waals surface area contributed by atoms with Gasteiger partial charge in [0, 0.05) is 17.5 Å². The van der Waals surface area contributed by atoms with Gasteiger partial charge in [-0.25, -0.2) is 0 Å². The van der Waals surface area contributed by atoms with Crippen LogP contribution in [0.4, 0.5) is 5.69 Å². The number of hydrogen-bond acceptors (Lipinski definition) is 4. The Hall–Kier alpha value is -2.69. The lowest BCUT2D eigenvalue weighted by Gasteiger charge is -2.22. The second-order valence-corrected chi connectivity index (χ2v) is 6.57. The molecule has 2 rings (SSSR count). The highest BCUT2D eigenvalue weighted by atomic mass is 16.6. The van der Waals surface area contributed by atoms with E-state index in [1.807, 2.05) is 30.3 Å². The Morgan fingerprint density at radius 3 is 2.25 bits per heavy atom. The van der Waals surface area contributed by atoms with Crippen molar-refractivity contribution in [3.8, 4) is 0 Å². The van der Waals surface area contributed by atoms with Crippen LogP contribution in [0.25, 0.3) is 0 Å². The Kier molecular flexibility index (Phi) is 5.34. The van der Waals surface area contributed by atoms with Gasteiger partial charge in [0.15, 0.2) is 0 Å². The lowest BCUT2D eigenvalue weighted by Crippen LogP contribution is -2.25. The maximum absolute atomic E-state index is 12.3. The van der Waals surface area contributed by atoms with Crippen LogP contribution in [0, 0.1) is 10.1 Å². The molecule has 0 bridgehead atoms. The average Bonchev–Trinajstić information content (AvgIpc) is 2.52. The third-order valence-corrected chi connectivity index (χ3v) is 3.50. The van der Waals surface area contributed by atoms with Crippen molar-refractivity contribution in [2.75, 3.05) is 0 Å². The van der Waals surface area contributed by atoms with Gasteiger partial charge in [-0.1, -0.05) is 48.5 Å². The molecule has 0 radical (unpaired) electrons. The Morgan fingerprint density at radius 2 is 1.67 bits per heavy atom. The number of nitro benzene ring substituents is 1. The number of nitro groups is 1. The molecule has 0 saturated carbocycles. The van der Waals surface area contributed by atoms with Gasteiger partial charge in [-0.15, -0.1) is 0 Å². The zero-order chi connectivity index (χ0) is 17.7. The van der Waals surface area contributed by atoms with Gasteiger partial charge in [0.05, 0.1) is 11.3 Å². The van der Waals surface area contributed by atoms with E-state index in [0.717, 1.165) is 5.56 Å². The molecule has 0 fully saturated rings. The summed E-state index contributed by atoms with van der Waals surface area (Å²) < 4.78 is 5.40. The number of benzene rings is 2. The molecule has 5 nitrogen and oxygen atoms in total. The molecule has 0 heterocycles. The first-order valence-corrected chi connectivity index (χ1v) is 7.78. The average molecular weight is 327 g/mol. The van der Waals surface area contributed by atoms with E-state index in [4.69, 9.17) is 4.74 Å². The number of hydrogen-bond donors (Lipinski definition) is 0. The molecule has 0 saturated heterocycles. The maximum Gasteiger partial charge on any atom is 0.307 e. The van der Waals surface area contributed by atoms with Gasteiger partial charge in [0.25, 0.3) is 5.69 Å². The highest BCUT2D eigenvalue weighted by molar-refractivity contribution is 5.72. The molecule has 0 N–H and O–H groups in total. The third-order valence-electron chi connectivity index (χ3n) is 3.50. The molecule has 0 aromatic heterocycles. The van der Waals surface area contributed by atoms with Crippen molar-refractivity contribution in [2.45, 2.75) is 38.7 Å². The lowest BCUT2D eigenvalue weighted by atomic mass is 9.87. The van der Waals surface area contributed by atoms with Crippen molar-refractivity contribution >= 4 is 11.7 Å². The molecule has 0 aliphatic rings. The number of ether oxygens (including phenoxy) is 1. The first-order valence-electron chi connectivity index (χ1n) is 7.78. The molecule has 126 valence electrons. The van der Waals surface area contributed by atoms with Crippen LogP contribution < -0.4 is 0 Å². The summed E-state index contributed by atoms with van der Waals surface area (Å²) in [5, 5.41) is 11.4. The highest BCUT2D eigenvalue weighted by Gasteiger charge is 2.27. The summed E-state index contributed by atoms with van der Waals surface area (Å²) in [6.07, 6.45) is 0.0478. The Labute approximate surface area is 141 Å². The van der Waals surface area contributed by atoms with Crippen molar-refractivity contribution < 1.29 is 14.5 Å². The summed E-state index contributed by atoms with van der Waals surface area (Å²) >= 11 is 0. The number of nitrogens with zero attached hydrogens (tertiary/aromatic N) is 1. The quantitative estimate of drug-likeness (QED) is 0.462. The van der Waals surface area contributed by atoms with E-state index in [1.54, 1.807) is 39.0 Å². The van der Waals surface area contributed by atoms with Crippen molar-refractivity contribution in [1.29, 1.82) is 0 Å².